The molecule has 2 aromatic rings. The maximum Gasteiger partial charge on any atom is 0.247 e. The number of benzene rings is 1. The molecule has 4 rings (SSSR count). The van der Waals surface area contributed by atoms with E-state index < -0.39 is 16.1 Å². The minimum atomic E-state index is -3.46. The van der Waals surface area contributed by atoms with Crippen LogP contribution in [0.3, 0.4) is 0 Å². The lowest BCUT2D eigenvalue weighted by atomic mass is 10.0. The first-order chi connectivity index (χ1) is 14.4. The van der Waals surface area contributed by atoms with Crippen LogP contribution in [0.1, 0.15) is 44.6 Å². The number of sulfonamides is 1. The Bertz CT molecular complexity index is 1010. The van der Waals surface area contributed by atoms with E-state index in [0.717, 1.165) is 42.3 Å². The number of carbonyl (C=O) groups is 1. The number of thiazole rings is 1. The first-order valence-corrected chi connectivity index (χ1v) is 13.3. The molecular formula is C21H29N3O4S2. The van der Waals surface area contributed by atoms with Gasteiger partial charge in [0.25, 0.3) is 0 Å². The normalized spacial score (nSPS) is 23.1. The Morgan fingerprint density at radius 3 is 2.83 bits per heavy atom. The van der Waals surface area contributed by atoms with E-state index in [1.54, 1.807) is 4.90 Å². The van der Waals surface area contributed by atoms with Crippen LogP contribution in [-0.4, -0.2) is 61.7 Å². The van der Waals surface area contributed by atoms with Gasteiger partial charge in [0, 0.05) is 13.2 Å². The summed E-state index contributed by atoms with van der Waals surface area (Å²) in [7, 11) is -3.46. The van der Waals surface area contributed by atoms with Crippen molar-refractivity contribution in [3.63, 3.8) is 0 Å². The van der Waals surface area contributed by atoms with Crippen molar-refractivity contribution in [2.45, 2.75) is 57.6 Å². The van der Waals surface area contributed by atoms with Gasteiger partial charge in [0.15, 0.2) is 5.13 Å². The summed E-state index contributed by atoms with van der Waals surface area (Å²) < 4.78 is 32.9. The Morgan fingerprint density at radius 1 is 1.30 bits per heavy atom. The van der Waals surface area contributed by atoms with Gasteiger partial charge in [-0.05, 0) is 49.8 Å². The quantitative estimate of drug-likeness (QED) is 0.674. The summed E-state index contributed by atoms with van der Waals surface area (Å²) in [6, 6.07) is 5.50. The highest BCUT2D eigenvalue weighted by molar-refractivity contribution is 7.88. The van der Waals surface area contributed by atoms with Gasteiger partial charge < -0.3 is 4.74 Å². The predicted octanol–water partition coefficient (Wildman–Crippen LogP) is 3.18. The number of anilines is 1. The number of carbonyl (C=O) groups excluding carboxylic acids is 1. The molecule has 2 saturated heterocycles. The molecule has 0 radical (unpaired) electrons. The van der Waals surface area contributed by atoms with Gasteiger partial charge in [-0.2, -0.15) is 4.31 Å². The highest BCUT2D eigenvalue weighted by Crippen LogP contribution is 2.33. The lowest BCUT2D eigenvalue weighted by Gasteiger charge is -2.35. The fraction of sp³-hybridized carbons (Fsp3) is 0.619. The zero-order valence-electron chi connectivity index (χ0n) is 17.5. The standard InChI is InChI=1S/C21H29N3O4S2/c1-3-15-9-10-17-19(13-15)29-21(22-17)23(14-16-7-6-12-28-16)20(25)18-8-4-5-11-24(18)30(2,26)27/h9-10,13,16,18H,3-8,11-12,14H2,1-2H3. The molecule has 9 heteroatoms. The highest BCUT2D eigenvalue weighted by Gasteiger charge is 2.39. The van der Waals surface area contributed by atoms with Crippen LogP contribution in [0.15, 0.2) is 18.2 Å². The van der Waals surface area contributed by atoms with Crippen molar-refractivity contribution in [1.29, 1.82) is 0 Å². The maximum absolute atomic E-state index is 13.7. The van der Waals surface area contributed by atoms with Crippen LogP contribution in [0.4, 0.5) is 5.13 Å². The summed E-state index contributed by atoms with van der Waals surface area (Å²) >= 11 is 1.49. The van der Waals surface area contributed by atoms with Crippen molar-refractivity contribution in [3.05, 3.63) is 23.8 Å². The third kappa shape index (κ3) is 4.54. The maximum atomic E-state index is 13.7. The number of aromatic nitrogens is 1. The van der Waals surface area contributed by atoms with Crippen LogP contribution in [-0.2, 0) is 26.0 Å². The van der Waals surface area contributed by atoms with Crippen molar-refractivity contribution in [2.75, 3.05) is 30.9 Å². The number of amides is 1. The van der Waals surface area contributed by atoms with Crippen LogP contribution in [0.25, 0.3) is 10.2 Å². The molecule has 7 nitrogen and oxygen atoms in total. The van der Waals surface area contributed by atoms with Crippen molar-refractivity contribution in [2.24, 2.45) is 0 Å². The Kier molecular flexibility index (Phi) is 6.43. The summed E-state index contributed by atoms with van der Waals surface area (Å²) in [5.41, 5.74) is 2.09. The number of aryl methyl sites for hydroxylation is 1. The molecule has 2 atom stereocenters. The topological polar surface area (TPSA) is 79.8 Å². The highest BCUT2D eigenvalue weighted by atomic mass is 32.2. The zero-order chi connectivity index (χ0) is 21.3. The lowest BCUT2D eigenvalue weighted by Crippen LogP contribution is -2.54. The number of nitrogens with zero attached hydrogens (tertiary/aromatic N) is 3. The number of piperidine rings is 1. The smallest absolute Gasteiger partial charge is 0.247 e. The van der Waals surface area contributed by atoms with E-state index >= 15 is 0 Å². The van der Waals surface area contributed by atoms with Crippen molar-refractivity contribution < 1.29 is 17.9 Å². The molecule has 1 aromatic carbocycles. The van der Waals surface area contributed by atoms with Gasteiger partial charge in [-0.3, -0.25) is 9.69 Å². The third-order valence-corrected chi connectivity index (χ3v) is 8.25. The average molecular weight is 452 g/mol. The molecule has 0 aliphatic carbocycles. The summed E-state index contributed by atoms with van der Waals surface area (Å²) in [6.07, 6.45) is 6.13. The molecule has 0 bridgehead atoms. The van der Waals surface area contributed by atoms with E-state index in [1.165, 1.54) is 27.5 Å². The van der Waals surface area contributed by atoms with Gasteiger partial charge in [0.1, 0.15) is 6.04 Å². The van der Waals surface area contributed by atoms with Crippen LogP contribution in [0.5, 0.6) is 0 Å². The Balaban J connectivity index is 1.69. The summed E-state index contributed by atoms with van der Waals surface area (Å²) in [5.74, 6) is -0.189. The third-order valence-electron chi connectivity index (χ3n) is 5.92. The number of hydrogen-bond acceptors (Lipinski definition) is 6. The second kappa shape index (κ2) is 8.90. The Morgan fingerprint density at radius 2 is 2.13 bits per heavy atom. The summed E-state index contributed by atoms with van der Waals surface area (Å²) in [4.78, 5) is 20.1. The van der Waals surface area contributed by atoms with Gasteiger partial charge in [0.05, 0.1) is 29.1 Å². The van der Waals surface area contributed by atoms with Gasteiger partial charge in [0.2, 0.25) is 15.9 Å². The number of rotatable bonds is 6. The van der Waals surface area contributed by atoms with E-state index in [-0.39, 0.29) is 12.0 Å². The van der Waals surface area contributed by atoms with Crippen LogP contribution in [0.2, 0.25) is 0 Å². The molecule has 3 heterocycles. The van der Waals surface area contributed by atoms with Crippen molar-refractivity contribution in [1.82, 2.24) is 9.29 Å². The largest absolute Gasteiger partial charge is 0.376 e. The van der Waals surface area contributed by atoms with Crippen LogP contribution < -0.4 is 4.90 Å². The molecule has 1 aromatic heterocycles. The molecule has 1 amide bonds. The van der Waals surface area contributed by atoms with Gasteiger partial charge in [-0.25, -0.2) is 13.4 Å². The van der Waals surface area contributed by atoms with Crippen LogP contribution in [0, 0.1) is 0 Å². The van der Waals surface area contributed by atoms with Gasteiger partial charge >= 0.3 is 0 Å². The molecular weight excluding hydrogens is 422 g/mol. The van der Waals surface area contributed by atoms with E-state index in [0.29, 0.717) is 31.2 Å². The molecule has 2 aliphatic heterocycles. The Labute approximate surface area is 182 Å². The second-order valence-corrected chi connectivity index (χ2v) is 11.1. The van der Waals surface area contributed by atoms with Crippen molar-refractivity contribution >= 4 is 42.6 Å². The van der Waals surface area contributed by atoms with E-state index in [9.17, 15) is 13.2 Å². The molecule has 2 unspecified atom stereocenters. The van der Waals surface area contributed by atoms with Gasteiger partial charge in [-0.15, -0.1) is 0 Å². The number of hydrogen-bond donors (Lipinski definition) is 0. The number of fused-ring (bicyclic) bond motifs is 1. The minimum absolute atomic E-state index is 0.0394. The van der Waals surface area contributed by atoms with Crippen LogP contribution >= 0.6 is 11.3 Å². The average Bonchev–Trinajstić information content (AvgIpc) is 3.39. The molecule has 2 aliphatic rings. The second-order valence-electron chi connectivity index (χ2n) is 8.12. The fourth-order valence-electron chi connectivity index (χ4n) is 4.28. The number of ether oxygens (including phenoxy) is 1. The summed E-state index contributed by atoms with van der Waals surface area (Å²) in [5, 5.41) is 0.623. The molecule has 0 saturated carbocycles. The van der Waals surface area contributed by atoms with Crippen molar-refractivity contribution in [3.8, 4) is 0 Å². The molecule has 164 valence electrons. The summed E-state index contributed by atoms with van der Waals surface area (Å²) in [6.45, 7) is 3.61. The van der Waals surface area contributed by atoms with E-state index in [1.807, 2.05) is 6.07 Å². The van der Waals surface area contributed by atoms with Gasteiger partial charge in [-0.1, -0.05) is 30.7 Å². The molecule has 2 fully saturated rings. The van der Waals surface area contributed by atoms with E-state index in [2.05, 4.69) is 19.1 Å². The zero-order valence-corrected chi connectivity index (χ0v) is 19.2. The molecule has 0 spiro atoms. The first kappa shape index (κ1) is 21.7. The van der Waals surface area contributed by atoms with E-state index in [4.69, 9.17) is 9.72 Å². The predicted molar refractivity (Wildman–Crippen MR) is 120 cm³/mol. The molecule has 0 N–H and O–H groups in total. The lowest BCUT2D eigenvalue weighted by molar-refractivity contribution is -0.123. The SMILES string of the molecule is CCc1ccc2nc(N(CC3CCCO3)C(=O)C3CCCCN3S(C)(=O)=O)sc2c1. The molecule has 30 heavy (non-hydrogen) atoms. The monoisotopic (exact) mass is 451 g/mol. The fourth-order valence-corrected chi connectivity index (χ4v) is 6.44. The first-order valence-electron chi connectivity index (χ1n) is 10.7. The minimum Gasteiger partial charge on any atom is -0.376 e. The Hall–Kier alpha value is -1.55.